The van der Waals surface area contributed by atoms with Crippen LogP contribution in [0.15, 0.2) is 84.9 Å². The first kappa shape index (κ1) is 81.4. The minimum Gasteiger partial charge on any atom is -0.508 e. The molecule has 7 amide bonds. The predicted octanol–water partition coefficient (Wildman–Crippen LogP) is -1.72. The average molecular weight is 1450 g/mol. The number of unbranched alkanes of at least 4 members (excludes halogenated alkanes) is 1. The highest BCUT2D eigenvalue weighted by Gasteiger charge is 2.38. The monoisotopic (exact) mass is 1450 g/mol. The van der Waals surface area contributed by atoms with Crippen LogP contribution in [-0.2, 0) is 76.8 Å². The van der Waals surface area contributed by atoms with Gasteiger partial charge in [0.25, 0.3) is 0 Å². The zero-order valence-electron chi connectivity index (χ0n) is 56.8. The molecule has 0 unspecified atom stereocenters. The molecule has 33 heteroatoms. The third-order valence-electron chi connectivity index (χ3n) is 17.3. The number of amides is 7. The number of fused-ring (bicyclic) bond motifs is 1. The van der Waals surface area contributed by atoms with Crippen molar-refractivity contribution in [1.29, 1.82) is 0 Å². The number of aliphatic carboxylic acids is 4. The number of aliphatic hydroxyl groups excluding tert-OH is 2. The van der Waals surface area contributed by atoms with Gasteiger partial charge < -0.3 is 78.3 Å². The molecular weight excluding hydrogens is 1350 g/mol. The highest BCUT2D eigenvalue weighted by atomic mass is 33.1. The van der Waals surface area contributed by atoms with Crippen LogP contribution in [0.2, 0.25) is 0 Å². The molecule has 0 radical (unpaired) electrons. The molecule has 0 aromatic heterocycles. The van der Waals surface area contributed by atoms with Crippen LogP contribution in [-0.4, -0.2) is 284 Å². The number of hydrogen-bond donors (Lipinski definition) is 15. The smallest absolute Gasteiger partial charge is 0.328 e. The molecule has 0 bridgehead atoms. The second kappa shape index (κ2) is 41.4. The summed E-state index contributed by atoms with van der Waals surface area (Å²) in [4.78, 5) is 173. The number of benzene rings is 3. The predicted molar refractivity (Wildman–Crippen MR) is 374 cm³/mol. The van der Waals surface area contributed by atoms with E-state index in [2.05, 4.69) is 42.5 Å². The Balaban J connectivity index is 1.41. The Bertz CT molecular complexity index is 3340. The summed E-state index contributed by atoms with van der Waals surface area (Å²) in [5.74, 6) is -14.5. The summed E-state index contributed by atoms with van der Waals surface area (Å²) in [5, 5.41) is 92.6. The Morgan fingerprint density at radius 2 is 1.16 bits per heavy atom. The highest BCUT2D eigenvalue weighted by Crippen LogP contribution is 2.31. The van der Waals surface area contributed by atoms with Crippen molar-refractivity contribution in [3.05, 3.63) is 107 Å². The van der Waals surface area contributed by atoms with Crippen LogP contribution in [0.4, 0.5) is 0 Å². The van der Waals surface area contributed by atoms with Gasteiger partial charge in [-0.2, -0.15) is 0 Å². The first-order chi connectivity index (χ1) is 48.2. The van der Waals surface area contributed by atoms with Crippen LogP contribution in [0, 0.1) is 5.92 Å². The summed E-state index contributed by atoms with van der Waals surface area (Å²) in [6.07, 6.45) is -1.17. The van der Waals surface area contributed by atoms with Gasteiger partial charge in [-0.15, -0.1) is 0 Å². The van der Waals surface area contributed by atoms with Crippen LogP contribution < -0.4 is 42.5 Å². The average Bonchev–Trinajstić information content (AvgIpc) is 1.79. The van der Waals surface area contributed by atoms with Crippen LogP contribution in [0.5, 0.6) is 5.75 Å². The summed E-state index contributed by atoms with van der Waals surface area (Å²) < 4.78 is 0. The number of rotatable bonds is 27. The molecule has 1 aliphatic carbocycles. The van der Waals surface area contributed by atoms with Gasteiger partial charge in [0.1, 0.15) is 36.0 Å². The normalized spacial score (nSPS) is 22.3. The van der Waals surface area contributed by atoms with E-state index in [0.717, 1.165) is 39.6 Å². The second-order valence-corrected chi connectivity index (χ2v) is 27.9. The number of allylic oxidation sites excluding steroid dienone is 1. The van der Waals surface area contributed by atoms with E-state index in [0.29, 0.717) is 42.5 Å². The van der Waals surface area contributed by atoms with Crippen molar-refractivity contribution in [2.75, 3.05) is 104 Å². The molecular formula is C68H94N12O19S2. The van der Waals surface area contributed by atoms with Crippen molar-refractivity contribution in [2.45, 2.75) is 120 Å². The maximum Gasteiger partial charge on any atom is 0.328 e. The van der Waals surface area contributed by atoms with Crippen LogP contribution in [0.1, 0.15) is 68.2 Å². The summed E-state index contributed by atoms with van der Waals surface area (Å²) in [7, 11) is 3.48. The van der Waals surface area contributed by atoms with Crippen LogP contribution >= 0.6 is 21.6 Å². The Labute approximate surface area is 593 Å². The number of aromatic hydroxyl groups is 1. The van der Waals surface area contributed by atoms with Crippen LogP contribution in [0.3, 0.4) is 0 Å². The minimum absolute atomic E-state index is 0.0169. The van der Waals surface area contributed by atoms with Gasteiger partial charge in [-0.1, -0.05) is 94.4 Å². The lowest BCUT2D eigenvalue weighted by Crippen LogP contribution is -2.62. The van der Waals surface area contributed by atoms with E-state index in [1.165, 1.54) is 31.2 Å². The summed E-state index contributed by atoms with van der Waals surface area (Å²) in [6.45, 7) is 1.88. The molecule has 0 saturated carbocycles. The second-order valence-electron chi connectivity index (χ2n) is 25.3. The molecule has 3 aromatic carbocycles. The Morgan fingerprint density at radius 1 is 0.604 bits per heavy atom. The lowest BCUT2D eigenvalue weighted by Gasteiger charge is -2.33. The first-order valence-electron chi connectivity index (χ1n) is 33.4. The molecule has 0 spiro atoms. The molecule has 101 heavy (non-hydrogen) atoms. The third kappa shape index (κ3) is 27.7. The van der Waals surface area contributed by atoms with E-state index in [1.54, 1.807) is 57.0 Å². The van der Waals surface area contributed by atoms with Gasteiger partial charge in [-0.25, -0.2) is 4.79 Å². The third-order valence-corrected chi connectivity index (χ3v) is 19.8. The van der Waals surface area contributed by atoms with Crippen molar-refractivity contribution >= 4 is 98.2 Å². The molecule has 10 atom stereocenters. The van der Waals surface area contributed by atoms with Gasteiger partial charge in [-0.05, 0) is 99.5 Å². The van der Waals surface area contributed by atoms with Gasteiger partial charge in [0.15, 0.2) is 11.8 Å². The summed E-state index contributed by atoms with van der Waals surface area (Å²) in [5.41, 5.74) is 3.44. The fourth-order valence-electron chi connectivity index (χ4n) is 11.8. The van der Waals surface area contributed by atoms with Crippen LogP contribution in [0.25, 0.3) is 5.57 Å². The molecule has 6 rings (SSSR count). The number of carbonyl (C=O) groups excluding carboxylic acids is 8. The van der Waals surface area contributed by atoms with Crippen molar-refractivity contribution in [3.8, 4) is 5.75 Å². The van der Waals surface area contributed by atoms with Gasteiger partial charge in [0, 0.05) is 89.0 Å². The fraction of sp³-hybridized carbons (Fsp3) is 0.529. The Morgan fingerprint density at radius 3 is 1.72 bits per heavy atom. The van der Waals surface area contributed by atoms with Crippen molar-refractivity contribution in [1.82, 2.24) is 62.1 Å². The number of carbonyl (C=O) groups is 12. The van der Waals surface area contributed by atoms with E-state index in [9.17, 15) is 74.1 Å². The first-order valence-corrected chi connectivity index (χ1v) is 35.9. The van der Waals surface area contributed by atoms with Gasteiger partial charge in [0.2, 0.25) is 41.4 Å². The van der Waals surface area contributed by atoms with Gasteiger partial charge >= 0.3 is 23.9 Å². The Hall–Kier alpha value is -8.54. The molecule has 3 aromatic rings. The van der Waals surface area contributed by atoms with Crippen molar-refractivity contribution in [2.24, 2.45) is 5.92 Å². The lowest BCUT2D eigenvalue weighted by atomic mass is 9.90. The maximum absolute atomic E-state index is 15.4. The number of phenolic OH excluding ortho intramolecular Hbond substituents is 1. The number of Topliss-reactive ketones (excluding diaryl/α,β-unsaturated/α-hetero) is 1. The molecule has 2 aliphatic heterocycles. The number of aliphatic hydroxyl groups is 2. The molecule has 15 N–H and O–H groups in total. The van der Waals surface area contributed by atoms with E-state index < -0.39 is 163 Å². The fourth-order valence-corrected chi connectivity index (χ4v) is 14.1. The number of phenols is 1. The number of nitrogens with one attached hydrogen (secondary N) is 8. The minimum atomic E-state index is -1.89. The molecule has 31 nitrogen and oxygen atoms in total. The number of carboxylic acid groups (broad SMARTS) is 4. The number of hydrogen-bond acceptors (Lipinski definition) is 22. The lowest BCUT2D eigenvalue weighted by molar-refractivity contribution is -0.145. The molecule has 2 heterocycles. The topological polar surface area (TPSA) is 456 Å². The van der Waals surface area contributed by atoms with Gasteiger partial charge in [-0.3, -0.25) is 72.3 Å². The summed E-state index contributed by atoms with van der Waals surface area (Å²) >= 11 is 0. The summed E-state index contributed by atoms with van der Waals surface area (Å²) in [6, 6.07) is 10.5. The SMILES string of the molecule is CNCCCC[C@@H]1NC(=O)[C@@H](CC2=CCc3ccccc32)NC(=O)[C@H](Cc2ccc(O)cc2)CC(=O)[C@@H](NC(=O)[C@@H](Cc2ccccc2)NC(=O)CN2CCN(CC(=O)O)CCN(CC(=O)O)CCN(CC(=O)O)CC2)CSSC[C@@H](C(=O)N[C@H](C(=O)O)[C@@H](C)O)NC(=O)[C@H]([C@@H](C)O)NC1=O. The van der Waals surface area contributed by atoms with E-state index in [1.807, 2.05) is 30.3 Å². The number of nitrogens with zero attached hydrogens (tertiary/aromatic N) is 4. The van der Waals surface area contributed by atoms with E-state index in [4.69, 9.17) is 0 Å². The van der Waals surface area contributed by atoms with Gasteiger partial charge in [0.05, 0.1) is 44.4 Å². The maximum atomic E-state index is 15.4. The molecule has 2 fully saturated rings. The molecule has 2 saturated heterocycles. The number of ketones is 1. The number of carboxylic acids is 4. The Kier molecular flexibility index (Phi) is 33.4. The molecule has 3 aliphatic rings. The van der Waals surface area contributed by atoms with E-state index >= 15 is 19.2 Å². The standard InChI is InChI=1S/C68H94N12O19S2/c1-41(81)60-67(97)74-54(66(96)76-61(42(2)82)68(98)99)40-101-100-39-53(73-64(94)51(32-43-11-5-4-6-12-43)70-56(85)35-77-23-25-78(36-57(86)87)27-29-80(38-59(90)91)30-28-79(26-24-77)37-58(88)89)55(84)34-47(31-44-16-20-48(83)21-17-44)62(92)72-52(33-46-19-18-45-13-7-8-14-49(45)46)65(95)71-50(63(93)75-60)15-9-10-22-69-3/h4-8,11-14,16-17,19-21,41-42,47,50-54,60-61,69,81-83H,9-10,15,18,22-40H2,1-3H3,(H,70,85)(H,71,95)(H,72,92)(H,73,94)(H,74,97)(H,75,93)(H,76,96)(H,86,87)(H,88,89)(H,90,91)(H,98,99)/t41-,42-,47-,50+,51-,52-,53+,54+,60+,61+/m1/s1. The largest absolute Gasteiger partial charge is 0.508 e. The zero-order valence-corrected chi connectivity index (χ0v) is 58.4. The zero-order chi connectivity index (χ0) is 73.7. The van der Waals surface area contributed by atoms with E-state index in [-0.39, 0.29) is 96.1 Å². The highest BCUT2D eigenvalue weighted by molar-refractivity contribution is 8.76. The quantitative estimate of drug-likeness (QED) is 0.0298. The van der Waals surface area contributed by atoms with Crippen molar-refractivity contribution < 1.29 is 93.3 Å². The molecule has 552 valence electrons. The van der Waals surface area contributed by atoms with Crippen molar-refractivity contribution in [3.63, 3.8) is 0 Å².